The number of nitrogens with one attached hydrogen (secondary N) is 1. The molecule has 0 aliphatic carbocycles. The third-order valence-electron chi connectivity index (χ3n) is 2.40. The molecule has 0 aliphatic rings. The highest BCUT2D eigenvalue weighted by Gasteiger charge is 2.33. The summed E-state index contributed by atoms with van der Waals surface area (Å²) in [5.41, 5.74) is 4.70. The highest BCUT2D eigenvalue weighted by Crippen LogP contribution is 2.36. The van der Waals surface area contributed by atoms with Gasteiger partial charge in [0.05, 0.1) is 16.9 Å². The van der Waals surface area contributed by atoms with Gasteiger partial charge in [0.1, 0.15) is 0 Å². The Labute approximate surface area is 106 Å². The maximum atomic E-state index is 12.8. The third-order valence-corrected chi connectivity index (χ3v) is 2.40. The van der Waals surface area contributed by atoms with Crippen molar-refractivity contribution in [3.63, 3.8) is 0 Å². The zero-order valence-electron chi connectivity index (χ0n) is 9.57. The SMILES string of the molecule is Nc1ccc(O)nc1Nc1ccccc1C(F)(F)F. The first-order valence-corrected chi connectivity index (χ1v) is 5.26. The van der Waals surface area contributed by atoms with Gasteiger partial charge in [-0.05, 0) is 18.2 Å². The highest BCUT2D eigenvalue weighted by atomic mass is 19.4. The van der Waals surface area contributed by atoms with E-state index >= 15 is 0 Å². The van der Waals surface area contributed by atoms with Crippen LogP contribution in [0.25, 0.3) is 0 Å². The first-order chi connectivity index (χ1) is 8.88. The molecule has 0 saturated carbocycles. The standard InChI is InChI=1S/C12H10F3N3O/c13-12(14,15)7-3-1-2-4-9(7)17-11-8(16)5-6-10(19)18-11/h1-6H,16H2,(H2,17,18,19). The van der Waals surface area contributed by atoms with E-state index in [2.05, 4.69) is 10.3 Å². The maximum absolute atomic E-state index is 12.8. The van der Waals surface area contributed by atoms with Gasteiger partial charge >= 0.3 is 6.18 Å². The Morgan fingerprint density at radius 1 is 1.11 bits per heavy atom. The Balaban J connectivity index is 2.41. The van der Waals surface area contributed by atoms with Crippen LogP contribution < -0.4 is 11.1 Å². The molecule has 1 heterocycles. The predicted octanol–water partition coefficient (Wildman–Crippen LogP) is 3.13. The van der Waals surface area contributed by atoms with Gasteiger partial charge in [0.2, 0.25) is 5.88 Å². The largest absolute Gasteiger partial charge is 0.493 e. The lowest BCUT2D eigenvalue weighted by molar-refractivity contribution is -0.136. The van der Waals surface area contributed by atoms with Gasteiger partial charge in [0.15, 0.2) is 5.82 Å². The van der Waals surface area contributed by atoms with Crippen molar-refractivity contribution in [2.45, 2.75) is 6.18 Å². The van der Waals surface area contributed by atoms with Crippen molar-refractivity contribution in [1.82, 2.24) is 4.98 Å². The number of nitrogens with two attached hydrogens (primary N) is 1. The van der Waals surface area contributed by atoms with E-state index in [1.54, 1.807) is 0 Å². The van der Waals surface area contributed by atoms with Crippen LogP contribution in [0.2, 0.25) is 0 Å². The van der Waals surface area contributed by atoms with Gasteiger partial charge in [0, 0.05) is 6.07 Å². The zero-order valence-corrected chi connectivity index (χ0v) is 9.57. The first-order valence-electron chi connectivity index (χ1n) is 5.26. The van der Waals surface area contributed by atoms with Gasteiger partial charge in [0.25, 0.3) is 0 Å². The minimum atomic E-state index is -4.49. The Hall–Kier alpha value is -2.44. The molecule has 0 spiro atoms. The summed E-state index contributed by atoms with van der Waals surface area (Å²) in [6.45, 7) is 0. The summed E-state index contributed by atoms with van der Waals surface area (Å²) in [5.74, 6) is -0.363. The molecule has 4 N–H and O–H groups in total. The van der Waals surface area contributed by atoms with Crippen LogP contribution in [-0.4, -0.2) is 10.1 Å². The first kappa shape index (κ1) is 13.0. The van der Waals surface area contributed by atoms with Gasteiger partial charge < -0.3 is 16.2 Å². The molecule has 0 radical (unpaired) electrons. The Morgan fingerprint density at radius 2 is 1.79 bits per heavy atom. The summed E-state index contributed by atoms with van der Waals surface area (Å²) in [6, 6.07) is 7.54. The average Bonchev–Trinajstić information content (AvgIpc) is 2.33. The quantitative estimate of drug-likeness (QED) is 0.783. The second kappa shape index (κ2) is 4.68. The van der Waals surface area contributed by atoms with Crippen molar-refractivity contribution >= 4 is 17.2 Å². The number of hydrogen-bond donors (Lipinski definition) is 3. The molecule has 0 saturated heterocycles. The number of hydrogen-bond acceptors (Lipinski definition) is 4. The lowest BCUT2D eigenvalue weighted by atomic mass is 10.1. The van der Waals surface area contributed by atoms with Crippen molar-refractivity contribution in [2.75, 3.05) is 11.1 Å². The molecular weight excluding hydrogens is 259 g/mol. The van der Waals surface area contributed by atoms with Gasteiger partial charge in [-0.3, -0.25) is 0 Å². The van der Waals surface area contributed by atoms with Crippen molar-refractivity contribution in [3.8, 4) is 5.88 Å². The smallest absolute Gasteiger partial charge is 0.418 e. The topological polar surface area (TPSA) is 71.2 Å². The Bertz CT molecular complexity index is 599. The van der Waals surface area contributed by atoms with Gasteiger partial charge in [-0.2, -0.15) is 18.2 Å². The van der Waals surface area contributed by atoms with Crippen molar-refractivity contribution < 1.29 is 18.3 Å². The number of aromatic nitrogens is 1. The summed E-state index contributed by atoms with van der Waals surface area (Å²) >= 11 is 0. The zero-order chi connectivity index (χ0) is 14.0. The second-order valence-electron chi connectivity index (χ2n) is 3.78. The molecule has 0 unspecified atom stereocenters. The number of nitrogens with zero attached hydrogens (tertiary/aromatic N) is 1. The number of halogens is 3. The van der Waals surface area contributed by atoms with Gasteiger partial charge in [-0.1, -0.05) is 12.1 Å². The minimum absolute atomic E-state index is 0.0308. The number of pyridine rings is 1. The fourth-order valence-electron chi connectivity index (χ4n) is 1.53. The van der Waals surface area contributed by atoms with E-state index in [1.807, 2.05) is 0 Å². The van der Waals surface area contributed by atoms with Crippen LogP contribution in [0, 0.1) is 0 Å². The lowest BCUT2D eigenvalue weighted by Gasteiger charge is -2.14. The van der Waals surface area contributed by atoms with Crippen LogP contribution >= 0.6 is 0 Å². The van der Waals surface area contributed by atoms with Crippen molar-refractivity contribution in [1.29, 1.82) is 0 Å². The van der Waals surface area contributed by atoms with Crippen LogP contribution in [-0.2, 0) is 6.18 Å². The number of nitrogen functional groups attached to an aromatic ring is 1. The summed E-state index contributed by atoms with van der Waals surface area (Å²) in [4.78, 5) is 3.64. The molecule has 0 amide bonds. The molecule has 0 aliphatic heterocycles. The van der Waals surface area contributed by atoms with Crippen LogP contribution in [0.5, 0.6) is 5.88 Å². The number of anilines is 3. The lowest BCUT2D eigenvalue weighted by Crippen LogP contribution is -2.09. The van der Waals surface area contributed by atoms with Crippen LogP contribution in [0.3, 0.4) is 0 Å². The normalized spacial score (nSPS) is 11.3. The molecular formula is C12H10F3N3O. The summed E-state index contributed by atoms with van der Waals surface area (Å²) in [7, 11) is 0. The van der Waals surface area contributed by atoms with Crippen molar-refractivity contribution in [2.24, 2.45) is 0 Å². The van der Waals surface area contributed by atoms with E-state index in [1.165, 1.54) is 30.3 Å². The van der Waals surface area contributed by atoms with E-state index in [9.17, 15) is 18.3 Å². The number of aromatic hydroxyl groups is 1. The van der Waals surface area contributed by atoms with Crippen LogP contribution in [0.15, 0.2) is 36.4 Å². The van der Waals surface area contributed by atoms with Crippen LogP contribution in [0.1, 0.15) is 5.56 Å². The highest BCUT2D eigenvalue weighted by molar-refractivity contribution is 5.71. The molecule has 0 atom stereocenters. The fourth-order valence-corrected chi connectivity index (χ4v) is 1.53. The van der Waals surface area contributed by atoms with E-state index in [4.69, 9.17) is 5.73 Å². The molecule has 2 aromatic rings. The number of para-hydroxylation sites is 1. The third kappa shape index (κ3) is 2.87. The molecule has 0 bridgehead atoms. The van der Waals surface area contributed by atoms with Gasteiger partial charge in [-0.25, -0.2) is 0 Å². The molecule has 0 fully saturated rings. The van der Waals surface area contributed by atoms with E-state index in [-0.39, 0.29) is 23.1 Å². The number of alkyl halides is 3. The average molecular weight is 269 g/mol. The molecule has 7 heteroatoms. The summed E-state index contributed by atoms with van der Waals surface area (Å²) in [6.07, 6.45) is -4.49. The minimum Gasteiger partial charge on any atom is -0.493 e. The van der Waals surface area contributed by atoms with Crippen molar-refractivity contribution in [3.05, 3.63) is 42.0 Å². The number of benzene rings is 1. The molecule has 4 nitrogen and oxygen atoms in total. The van der Waals surface area contributed by atoms with E-state index in [0.717, 1.165) is 6.07 Å². The van der Waals surface area contributed by atoms with E-state index in [0.29, 0.717) is 0 Å². The maximum Gasteiger partial charge on any atom is 0.418 e. The van der Waals surface area contributed by atoms with Crippen LogP contribution in [0.4, 0.5) is 30.4 Å². The monoisotopic (exact) mass is 269 g/mol. The van der Waals surface area contributed by atoms with Gasteiger partial charge in [-0.15, -0.1) is 0 Å². The molecule has 1 aromatic heterocycles. The summed E-state index contributed by atoms with van der Waals surface area (Å²) < 4.78 is 38.4. The molecule has 19 heavy (non-hydrogen) atoms. The van der Waals surface area contributed by atoms with E-state index < -0.39 is 11.7 Å². The molecule has 1 aromatic carbocycles. The Kier molecular flexibility index (Phi) is 3.20. The second-order valence-corrected chi connectivity index (χ2v) is 3.78. The predicted molar refractivity (Wildman–Crippen MR) is 65.0 cm³/mol. The summed E-state index contributed by atoms with van der Waals surface area (Å²) in [5, 5.41) is 11.7. The molecule has 2 rings (SSSR count). The fraction of sp³-hybridized carbons (Fsp3) is 0.0833. The Morgan fingerprint density at radius 3 is 2.47 bits per heavy atom. The number of rotatable bonds is 2. The molecule has 100 valence electrons.